The van der Waals surface area contributed by atoms with E-state index in [2.05, 4.69) is 4.98 Å². The quantitative estimate of drug-likeness (QED) is 0.711. The predicted molar refractivity (Wildman–Crippen MR) is 70.2 cm³/mol. The van der Waals surface area contributed by atoms with Crippen LogP contribution in [0.25, 0.3) is 16.7 Å². The van der Waals surface area contributed by atoms with Crippen molar-refractivity contribution in [1.29, 1.82) is 0 Å². The molecule has 3 rings (SSSR count). The Morgan fingerprint density at radius 2 is 1.83 bits per heavy atom. The first kappa shape index (κ1) is 10.8. The lowest BCUT2D eigenvalue weighted by molar-refractivity contribution is 0.627. The summed E-state index contributed by atoms with van der Waals surface area (Å²) >= 11 is 0. The third-order valence-corrected chi connectivity index (χ3v) is 2.92. The summed E-state index contributed by atoms with van der Waals surface area (Å²) in [5.74, 6) is 0.139. The third kappa shape index (κ3) is 1.62. The van der Waals surface area contributed by atoms with E-state index in [4.69, 9.17) is 5.73 Å². The van der Waals surface area contributed by atoms with E-state index in [0.29, 0.717) is 5.95 Å². The van der Waals surface area contributed by atoms with Crippen LogP contribution >= 0.6 is 0 Å². The molecule has 0 unspecified atom stereocenters. The van der Waals surface area contributed by atoms with Gasteiger partial charge in [-0.3, -0.25) is 4.57 Å². The van der Waals surface area contributed by atoms with Crippen LogP contribution < -0.4 is 5.73 Å². The Hall–Kier alpha value is -2.36. The first-order valence-electron chi connectivity index (χ1n) is 5.66. The molecule has 0 aliphatic rings. The molecule has 2 N–H and O–H groups in total. The highest BCUT2D eigenvalue weighted by Crippen LogP contribution is 2.23. The molecule has 0 radical (unpaired) electrons. The molecular formula is C14H12FN3. The molecule has 1 aromatic heterocycles. The molecule has 3 nitrogen and oxygen atoms in total. The first-order chi connectivity index (χ1) is 8.65. The molecule has 0 aliphatic carbocycles. The van der Waals surface area contributed by atoms with Crippen LogP contribution in [0.3, 0.4) is 0 Å². The van der Waals surface area contributed by atoms with Gasteiger partial charge in [0.1, 0.15) is 5.82 Å². The van der Waals surface area contributed by atoms with Gasteiger partial charge in [0.2, 0.25) is 5.95 Å². The summed E-state index contributed by atoms with van der Waals surface area (Å²) < 4.78 is 14.8. The molecule has 0 spiro atoms. The Balaban J connectivity index is 2.28. The number of imidazole rings is 1. The number of aryl methyl sites for hydroxylation is 1. The lowest BCUT2D eigenvalue weighted by Crippen LogP contribution is -2.00. The van der Waals surface area contributed by atoms with E-state index < -0.39 is 0 Å². The summed E-state index contributed by atoms with van der Waals surface area (Å²) in [6.07, 6.45) is 0. The van der Waals surface area contributed by atoms with E-state index in [9.17, 15) is 4.39 Å². The maximum absolute atomic E-state index is 12.9. The van der Waals surface area contributed by atoms with E-state index >= 15 is 0 Å². The molecule has 0 aliphatic heterocycles. The second-order valence-electron chi connectivity index (χ2n) is 4.27. The van der Waals surface area contributed by atoms with Gasteiger partial charge in [-0.05, 0) is 48.9 Å². The van der Waals surface area contributed by atoms with E-state index in [-0.39, 0.29) is 5.82 Å². The SMILES string of the molecule is Cc1ccc2c(c1)nc(N)n2-c1ccc(F)cc1. The van der Waals surface area contributed by atoms with Crippen molar-refractivity contribution in [2.45, 2.75) is 6.92 Å². The van der Waals surface area contributed by atoms with Crippen LogP contribution in [0.4, 0.5) is 10.3 Å². The topological polar surface area (TPSA) is 43.8 Å². The summed E-state index contributed by atoms with van der Waals surface area (Å²) in [5.41, 5.74) is 9.63. The van der Waals surface area contributed by atoms with Gasteiger partial charge in [0.05, 0.1) is 11.0 Å². The molecule has 0 atom stereocenters. The van der Waals surface area contributed by atoms with Crippen LogP contribution in [0.15, 0.2) is 42.5 Å². The molecule has 0 saturated heterocycles. The number of rotatable bonds is 1. The van der Waals surface area contributed by atoms with Crippen molar-refractivity contribution in [3.05, 3.63) is 53.8 Å². The van der Waals surface area contributed by atoms with Crippen molar-refractivity contribution in [2.75, 3.05) is 5.73 Å². The smallest absolute Gasteiger partial charge is 0.205 e. The van der Waals surface area contributed by atoms with E-state index in [0.717, 1.165) is 22.3 Å². The molecule has 18 heavy (non-hydrogen) atoms. The van der Waals surface area contributed by atoms with Gasteiger partial charge in [0.15, 0.2) is 0 Å². The Kier molecular flexibility index (Phi) is 2.30. The first-order valence-corrected chi connectivity index (χ1v) is 5.66. The van der Waals surface area contributed by atoms with Crippen molar-refractivity contribution in [3.8, 4) is 5.69 Å². The Morgan fingerprint density at radius 1 is 1.11 bits per heavy atom. The molecule has 3 aromatic rings. The van der Waals surface area contributed by atoms with Crippen molar-refractivity contribution >= 4 is 17.0 Å². The van der Waals surface area contributed by atoms with Crippen molar-refractivity contribution in [3.63, 3.8) is 0 Å². The zero-order chi connectivity index (χ0) is 12.7. The van der Waals surface area contributed by atoms with Gasteiger partial charge in [0.25, 0.3) is 0 Å². The molecule has 90 valence electrons. The maximum Gasteiger partial charge on any atom is 0.205 e. The molecule has 0 saturated carbocycles. The van der Waals surface area contributed by atoms with Crippen LogP contribution in [0.5, 0.6) is 0 Å². The van der Waals surface area contributed by atoms with Crippen LogP contribution in [0.2, 0.25) is 0 Å². The minimum absolute atomic E-state index is 0.266. The standard InChI is InChI=1S/C14H12FN3/c1-9-2-7-13-12(8-9)17-14(16)18(13)11-5-3-10(15)4-6-11/h2-8H,1H3,(H2,16,17). The fourth-order valence-corrected chi connectivity index (χ4v) is 2.07. The number of hydrogen-bond acceptors (Lipinski definition) is 2. The molecule has 0 fully saturated rings. The van der Waals surface area contributed by atoms with Crippen molar-refractivity contribution in [2.24, 2.45) is 0 Å². The second kappa shape index (κ2) is 3.84. The summed E-state index contributed by atoms with van der Waals surface area (Å²) in [4.78, 5) is 4.32. The molecule has 2 aromatic carbocycles. The number of benzene rings is 2. The van der Waals surface area contributed by atoms with Gasteiger partial charge in [0, 0.05) is 5.69 Å². The average Bonchev–Trinajstić information content (AvgIpc) is 2.65. The number of aromatic nitrogens is 2. The molecule has 0 bridgehead atoms. The second-order valence-corrected chi connectivity index (χ2v) is 4.27. The largest absolute Gasteiger partial charge is 0.369 e. The Bertz CT molecular complexity index is 714. The number of halogens is 1. The minimum atomic E-state index is -0.266. The maximum atomic E-state index is 12.9. The molecule has 4 heteroatoms. The van der Waals surface area contributed by atoms with Gasteiger partial charge in [-0.25, -0.2) is 9.37 Å². The summed E-state index contributed by atoms with van der Waals surface area (Å²) in [7, 11) is 0. The van der Waals surface area contributed by atoms with Gasteiger partial charge >= 0.3 is 0 Å². The van der Waals surface area contributed by atoms with E-state index in [1.807, 2.05) is 29.7 Å². The highest BCUT2D eigenvalue weighted by Gasteiger charge is 2.09. The fraction of sp³-hybridized carbons (Fsp3) is 0.0714. The molecule has 0 amide bonds. The molecule has 1 heterocycles. The zero-order valence-corrected chi connectivity index (χ0v) is 9.89. The summed E-state index contributed by atoms with van der Waals surface area (Å²) in [6, 6.07) is 12.1. The predicted octanol–water partition coefficient (Wildman–Crippen LogP) is 3.06. The Morgan fingerprint density at radius 3 is 2.56 bits per heavy atom. The number of anilines is 1. The lowest BCUT2D eigenvalue weighted by Gasteiger charge is -2.06. The normalized spacial score (nSPS) is 11.0. The van der Waals surface area contributed by atoms with Crippen molar-refractivity contribution in [1.82, 2.24) is 9.55 Å². The Labute approximate surface area is 104 Å². The number of nitrogens with zero attached hydrogens (tertiary/aromatic N) is 2. The van der Waals surface area contributed by atoms with E-state index in [1.54, 1.807) is 12.1 Å². The van der Waals surface area contributed by atoms with Crippen LogP contribution in [0.1, 0.15) is 5.56 Å². The summed E-state index contributed by atoms with van der Waals surface area (Å²) in [5, 5.41) is 0. The number of nitrogens with two attached hydrogens (primary N) is 1. The highest BCUT2D eigenvalue weighted by atomic mass is 19.1. The lowest BCUT2D eigenvalue weighted by atomic mass is 10.2. The van der Waals surface area contributed by atoms with Crippen LogP contribution in [-0.2, 0) is 0 Å². The van der Waals surface area contributed by atoms with Crippen molar-refractivity contribution < 1.29 is 4.39 Å². The van der Waals surface area contributed by atoms with Crippen LogP contribution in [-0.4, -0.2) is 9.55 Å². The number of nitrogen functional groups attached to an aromatic ring is 1. The monoisotopic (exact) mass is 241 g/mol. The number of hydrogen-bond donors (Lipinski definition) is 1. The van der Waals surface area contributed by atoms with Gasteiger partial charge < -0.3 is 5.73 Å². The summed E-state index contributed by atoms with van der Waals surface area (Å²) in [6.45, 7) is 2.01. The third-order valence-electron chi connectivity index (χ3n) is 2.92. The van der Waals surface area contributed by atoms with Gasteiger partial charge in [-0.1, -0.05) is 6.07 Å². The van der Waals surface area contributed by atoms with Crippen LogP contribution in [0, 0.1) is 12.7 Å². The number of fused-ring (bicyclic) bond motifs is 1. The zero-order valence-electron chi connectivity index (χ0n) is 9.89. The average molecular weight is 241 g/mol. The molecular weight excluding hydrogens is 229 g/mol. The van der Waals surface area contributed by atoms with E-state index in [1.165, 1.54) is 12.1 Å². The van der Waals surface area contributed by atoms with Gasteiger partial charge in [-0.15, -0.1) is 0 Å². The van der Waals surface area contributed by atoms with Gasteiger partial charge in [-0.2, -0.15) is 0 Å². The highest BCUT2D eigenvalue weighted by molar-refractivity contribution is 5.81. The fourth-order valence-electron chi connectivity index (χ4n) is 2.07. The minimum Gasteiger partial charge on any atom is -0.369 e.